The molecule has 0 aliphatic heterocycles. The van der Waals surface area contributed by atoms with Crippen molar-refractivity contribution in [3.05, 3.63) is 106 Å². The van der Waals surface area contributed by atoms with Crippen LogP contribution in [0.4, 0.5) is 0 Å². The lowest BCUT2D eigenvalue weighted by molar-refractivity contribution is 0.785. The molecule has 1 atom stereocenters. The van der Waals surface area contributed by atoms with Gasteiger partial charge in [-0.05, 0) is 70.7 Å². The molecule has 0 radical (unpaired) electrons. The second-order valence-electron chi connectivity index (χ2n) is 8.16. The number of aryl methyl sites for hydroxylation is 1. The standard InChI is InChI=1S/C27H22/c1-17-6-10-27-23(17)11-9-21-14-18(7-12-25(21)27)19-8-13-26-22(15-19)16-20-4-2-3-5-24(20)26/h2-8,10,12-15,27H,9,11,16H2,1H3. The van der Waals surface area contributed by atoms with E-state index in [0.29, 0.717) is 5.92 Å². The first kappa shape index (κ1) is 15.2. The number of fused-ring (bicyclic) bond motifs is 6. The first-order chi connectivity index (χ1) is 13.3. The highest BCUT2D eigenvalue weighted by molar-refractivity contribution is 5.80. The van der Waals surface area contributed by atoms with Crippen LogP contribution in [0, 0.1) is 0 Å². The Morgan fingerprint density at radius 1 is 0.741 bits per heavy atom. The van der Waals surface area contributed by atoms with Crippen LogP contribution in [0.1, 0.15) is 41.5 Å². The molecule has 1 unspecified atom stereocenters. The van der Waals surface area contributed by atoms with Crippen molar-refractivity contribution in [1.29, 1.82) is 0 Å². The molecule has 27 heavy (non-hydrogen) atoms. The van der Waals surface area contributed by atoms with Crippen molar-refractivity contribution in [2.75, 3.05) is 0 Å². The Labute approximate surface area is 160 Å². The van der Waals surface area contributed by atoms with Gasteiger partial charge in [-0.1, -0.05) is 84.0 Å². The van der Waals surface area contributed by atoms with E-state index in [0.717, 1.165) is 6.42 Å². The summed E-state index contributed by atoms with van der Waals surface area (Å²) in [6.45, 7) is 2.26. The van der Waals surface area contributed by atoms with Crippen molar-refractivity contribution < 1.29 is 0 Å². The van der Waals surface area contributed by atoms with E-state index in [4.69, 9.17) is 0 Å². The fraction of sp³-hybridized carbons (Fsp3) is 0.185. The maximum atomic E-state index is 2.44. The smallest absolute Gasteiger partial charge is 0.0240 e. The van der Waals surface area contributed by atoms with Crippen molar-refractivity contribution in [2.45, 2.75) is 32.1 Å². The van der Waals surface area contributed by atoms with Crippen LogP contribution < -0.4 is 0 Å². The third kappa shape index (κ3) is 2.23. The minimum absolute atomic E-state index is 0.525. The lowest BCUT2D eigenvalue weighted by Gasteiger charge is -2.25. The molecule has 6 rings (SSSR count). The number of allylic oxidation sites excluding steroid dienone is 4. The maximum absolute atomic E-state index is 2.44. The topological polar surface area (TPSA) is 0 Å². The summed E-state index contributed by atoms with van der Waals surface area (Å²) in [5, 5.41) is 0. The van der Waals surface area contributed by atoms with Crippen LogP contribution in [-0.2, 0) is 12.8 Å². The van der Waals surface area contributed by atoms with Gasteiger partial charge in [0.05, 0.1) is 0 Å². The van der Waals surface area contributed by atoms with Crippen LogP contribution in [-0.4, -0.2) is 0 Å². The highest BCUT2D eigenvalue weighted by Gasteiger charge is 2.27. The predicted octanol–water partition coefficient (Wildman–Crippen LogP) is 6.84. The fourth-order valence-corrected chi connectivity index (χ4v) is 5.25. The molecule has 0 fully saturated rings. The third-order valence-corrected chi connectivity index (χ3v) is 6.69. The molecule has 0 saturated carbocycles. The molecule has 3 aromatic rings. The quantitative estimate of drug-likeness (QED) is 0.354. The van der Waals surface area contributed by atoms with Gasteiger partial charge in [0.1, 0.15) is 0 Å². The summed E-state index contributed by atoms with van der Waals surface area (Å²) in [7, 11) is 0. The molecule has 0 N–H and O–H groups in total. The molecule has 0 nitrogen and oxygen atoms in total. The molecule has 0 saturated heterocycles. The van der Waals surface area contributed by atoms with Crippen LogP contribution in [0.25, 0.3) is 22.3 Å². The lowest BCUT2D eigenvalue weighted by atomic mass is 9.79. The zero-order chi connectivity index (χ0) is 18.0. The Kier molecular flexibility index (Phi) is 3.14. The van der Waals surface area contributed by atoms with E-state index in [1.165, 1.54) is 62.9 Å². The summed E-state index contributed by atoms with van der Waals surface area (Å²) in [5.41, 5.74) is 14.6. The molecule has 3 aliphatic rings. The molecular weight excluding hydrogens is 324 g/mol. The first-order valence-corrected chi connectivity index (χ1v) is 10.0. The molecule has 0 heteroatoms. The van der Waals surface area contributed by atoms with Crippen LogP contribution in [0.3, 0.4) is 0 Å². The first-order valence-electron chi connectivity index (χ1n) is 10.0. The Hall–Kier alpha value is -2.86. The van der Waals surface area contributed by atoms with Gasteiger partial charge in [-0.25, -0.2) is 0 Å². The van der Waals surface area contributed by atoms with Crippen LogP contribution >= 0.6 is 0 Å². The Morgan fingerprint density at radius 2 is 1.52 bits per heavy atom. The van der Waals surface area contributed by atoms with E-state index in [2.05, 4.69) is 79.7 Å². The van der Waals surface area contributed by atoms with Gasteiger partial charge in [0.25, 0.3) is 0 Å². The van der Waals surface area contributed by atoms with Gasteiger partial charge in [0.2, 0.25) is 0 Å². The molecule has 0 amide bonds. The molecule has 0 aromatic heterocycles. The molecule has 0 bridgehead atoms. The zero-order valence-electron chi connectivity index (χ0n) is 15.6. The minimum Gasteiger partial charge on any atom is -0.0727 e. The highest BCUT2D eigenvalue weighted by atomic mass is 14.3. The molecule has 0 heterocycles. The van der Waals surface area contributed by atoms with Crippen LogP contribution in [0.2, 0.25) is 0 Å². The predicted molar refractivity (Wildman–Crippen MR) is 113 cm³/mol. The number of hydrogen-bond donors (Lipinski definition) is 0. The number of hydrogen-bond acceptors (Lipinski definition) is 0. The fourth-order valence-electron chi connectivity index (χ4n) is 5.25. The highest BCUT2D eigenvalue weighted by Crippen LogP contribution is 2.44. The van der Waals surface area contributed by atoms with Crippen molar-refractivity contribution in [3.8, 4) is 22.3 Å². The van der Waals surface area contributed by atoms with Gasteiger partial charge in [-0.15, -0.1) is 0 Å². The van der Waals surface area contributed by atoms with Crippen LogP contribution in [0.5, 0.6) is 0 Å². The van der Waals surface area contributed by atoms with E-state index < -0.39 is 0 Å². The second-order valence-corrected chi connectivity index (χ2v) is 8.16. The maximum Gasteiger partial charge on any atom is 0.0240 e. The zero-order valence-corrected chi connectivity index (χ0v) is 15.6. The summed E-state index contributed by atoms with van der Waals surface area (Å²) in [6, 6.07) is 23.0. The molecule has 3 aliphatic carbocycles. The summed E-state index contributed by atoms with van der Waals surface area (Å²) in [6.07, 6.45) is 8.13. The van der Waals surface area contributed by atoms with Crippen molar-refractivity contribution in [1.82, 2.24) is 0 Å². The Morgan fingerprint density at radius 3 is 2.44 bits per heavy atom. The number of rotatable bonds is 1. The average molecular weight is 346 g/mol. The molecule has 130 valence electrons. The van der Waals surface area contributed by atoms with E-state index >= 15 is 0 Å². The Bertz CT molecular complexity index is 1160. The monoisotopic (exact) mass is 346 g/mol. The van der Waals surface area contributed by atoms with Gasteiger partial charge < -0.3 is 0 Å². The molecule has 3 aromatic carbocycles. The van der Waals surface area contributed by atoms with Gasteiger partial charge in [0, 0.05) is 5.92 Å². The average Bonchev–Trinajstić information content (AvgIpc) is 3.27. The van der Waals surface area contributed by atoms with Gasteiger partial charge >= 0.3 is 0 Å². The van der Waals surface area contributed by atoms with Gasteiger partial charge in [-0.2, -0.15) is 0 Å². The molecular formula is C27H22. The minimum atomic E-state index is 0.525. The Balaban J connectivity index is 1.40. The second kappa shape index (κ2) is 5.57. The number of benzene rings is 3. The van der Waals surface area contributed by atoms with Crippen molar-refractivity contribution in [3.63, 3.8) is 0 Å². The van der Waals surface area contributed by atoms with Gasteiger partial charge in [-0.3, -0.25) is 0 Å². The summed E-state index contributed by atoms with van der Waals surface area (Å²) in [5.74, 6) is 0.525. The lowest BCUT2D eigenvalue weighted by Crippen LogP contribution is -2.10. The van der Waals surface area contributed by atoms with Crippen LogP contribution in [0.15, 0.2) is 84.0 Å². The van der Waals surface area contributed by atoms with Gasteiger partial charge in [0.15, 0.2) is 0 Å². The normalized spacial score (nSPS) is 18.9. The van der Waals surface area contributed by atoms with E-state index in [1.807, 2.05) is 0 Å². The van der Waals surface area contributed by atoms with E-state index in [1.54, 1.807) is 5.57 Å². The van der Waals surface area contributed by atoms with E-state index in [9.17, 15) is 0 Å². The summed E-state index contributed by atoms with van der Waals surface area (Å²) >= 11 is 0. The summed E-state index contributed by atoms with van der Waals surface area (Å²) < 4.78 is 0. The molecule has 0 spiro atoms. The van der Waals surface area contributed by atoms with Crippen molar-refractivity contribution in [2.24, 2.45) is 0 Å². The third-order valence-electron chi connectivity index (χ3n) is 6.69. The summed E-state index contributed by atoms with van der Waals surface area (Å²) in [4.78, 5) is 0. The van der Waals surface area contributed by atoms with E-state index in [-0.39, 0.29) is 0 Å². The largest absolute Gasteiger partial charge is 0.0727 e. The SMILES string of the molecule is CC1=C2CCc3cc(-c4ccc5c(c4)Cc4ccccc4-5)ccc3C2C=C1. The van der Waals surface area contributed by atoms with Crippen molar-refractivity contribution >= 4 is 0 Å².